The fraction of sp³-hybridized carbons (Fsp3) is 0.367. The highest BCUT2D eigenvalue weighted by molar-refractivity contribution is 6.08. The Morgan fingerprint density at radius 3 is 2.68 bits per heavy atom. The molecule has 2 unspecified atom stereocenters. The Bertz CT molecular complexity index is 1340. The molecule has 1 amide bonds. The van der Waals surface area contributed by atoms with Gasteiger partial charge in [0.1, 0.15) is 23.3 Å². The third-order valence-electron chi connectivity index (χ3n) is 6.94. The smallest absolute Gasteiger partial charge is 0.344 e. The SMILES string of the molecule is Cc1ccc(C(C)C)c(OCC(=O)OCC(=O)N2N=C3C(=Cc4ccco4)CCCC3C2c2ccco2)c1. The van der Waals surface area contributed by atoms with Crippen LogP contribution in [0.3, 0.4) is 0 Å². The van der Waals surface area contributed by atoms with Crippen LogP contribution >= 0.6 is 0 Å². The lowest BCUT2D eigenvalue weighted by Crippen LogP contribution is -2.34. The highest BCUT2D eigenvalue weighted by atomic mass is 16.6. The third-order valence-corrected chi connectivity index (χ3v) is 6.94. The molecule has 0 saturated heterocycles. The van der Waals surface area contributed by atoms with Crippen LogP contribution in [-0.4, -0.2) is 35.8 Å². The van der Waals surface area contributed by atoms with E-state index in [1.807, 2.05) is 49.4 Å². The number of benzene rings is 1. The summed E-state index contributed by atoms with van der Waals surface area (Å²) < 4.78 is 22.3. The molecule has 0 radical (unpaired) electrons. The van der Waals surface area contributed by atoms with Crippen molar-refractivity contribution in [3.8, 4) is 5.75 Å². The third kappa shape index (κ3) is 5.44. The first-order valence-corrected chi connectivity index (χ1v) is 13.0. The second-order valence-electron chi connectivity index (χ2n) is 10.0. The number of esters is 1. The van der Waals surface area contributed by atoms with E-state index in [4.69, 9.17) is 23.4 Å². The minimum atomic E-state index is -0.619. The molecule has 5 rings (SSSR count). The Kier molecular flexibility index (Phi) is 7.49. The lowest BCUT2D eigenvalue weighted by Gasteiger charge is -2.27. The van der Waals surface area contributed by atoms with Gasteiger partial charge in [-0.15, -0.1) is 0 Å². The summed E-state index contributed by atoms with van der Waals surface area (Å²) in [4.78, 5) is 25.8. The van der Waals surface area contributed by atoms with Crippen LogP contribution in [0.2, 0.25) is 0 Å². The van der Waals surface area contributed by atoms with E-state index < -0.39 is 24.5 Å². The van der Waals surface area contributed by atoms with Gasteiger partial charge in [0.15, 0.2) is 13.2 Å². The maximum Gasteiger partial charge on any atom is 0.344 e. The fourth-order valence-electron chi connectivity index (χ4n) is 5.12. The van der Waals surface area contributed by atoms with Crippen LogP contribution in [0.5, 0.6) is 5.75 Å². The summed E-state index contributed by atoms with van der Waals surface area (Å²) in [5, 5.41) is 6.14. The van der Waals surface area contributed by atoms with Crippen molar-refractivity contribution in [3.05, 3.63) is 83.2 Å². The molecular weight excluding hydrogens is 484 g/mol. The molecule has 3 heterocycles. The molecule has 8 nitrogen and oxygen atoms in total. The van der Waals surface area contributed by atoms with E-state index in [0.717, 1.165) is 47.4 Å². The number of amides is 1. The summed E-state index contributed by atoms with van der Waals surface area (Å²) in [7, 11) is 0. The number of rotatable bonds is 8. The largest absolute Gasteiger partial charge is 0.482 e. The quantitative estimate of drug-likeness (QED) is 0.338. The molecule has 1 aliphatic carbocycles. The Morgan fingerprint density at radius 2 is 1.95 bits per heavy atom. The number of carbonyl (C=O) groups is 2. The van der Waals surface area contributed by atoms with Crippen LogP contribution in [0, 0.1) is 12.8 Å². The number of allylic oxidation sites excluding steroid dienone is 1. The van der Waals surface area contributed by atoms with Crippen LogP contribution in [0.1, 0.15) is 67.7 Å². The number of hydrazone groups is 1. The normalized spacial score (nSPS) is 19.9. The summed E-state index contributed by atoms with van der Waals surface area (Å²) in [6, 6.07) is 12.9. The average Bonchev–Trinajstić information content (AvgIpc) is 3.67. The molecule has 0 bridgehead atoms. The molecule has 1 aromatic carbocycles. The Balaban J connectivity index is 1.28. The number of ether oxygens (including phenoxy) is 2. The number of fused-ring (bicyclic) bond motifs is 1. The Hall–Kier alpha value is -4.07. The Labute approximate surface area is 221 Å². The summed E-state index contributed by atoms with van der Waals surface area (Å²) in [5.74, 6) is 1.22. The van der Waals surface area contributed by atoms with E-state index in [9.17, 15) is 9.59 Å². The molecule has 2 aromatic heterocycles. The average molecular weight is 517 g/mol. The van der Waals surface area contributed by atoms with Crippen molar-refractivity contribution in [2.75, 3.05) is 13.2 Å². The van der Waals surface area contributed by atoms with Crippen molar-refractivity contribution < 1.29 is 27.9 Å². The highest BCUT2D eigenvalue weighted by Gasteiger charge is 2.45. The van der Waals surface area contributed by atoms with Gasteiger partial charge in [-0.25, -0.2) is 9.80 Å². The van der Waals surface area contributed by atoms with Crippen molar-refractivity contribution in [1.29, 1.82) is 0 Å². The number of furan rings is 2. The molecule has 38 heavy (non-hydrogen) atoms. The van der Waals surface area contributed by atoms with Crippen molar-refractivity contribution in [2.24, 2.45) is 11.0 Å². The Morgan fingerprint density at radius 1 is 1.13 bits per heavy atom. The predicted octanol–water partition coefficient (Wildman–Crippen LogP) is 6.05. The summed E-state index contributed by atoms with van der Waals surface area (Å²) in [5.41, 5.74) is 3.92. The van der Waals surface area contributed by atoms with Crippen molar-refractivity contribution >= 4 is 23.7 Å². The molecule has 1 fully saturated rings. The summed E-state index contributed by atoms with van der Waals surface area (Å²) in [6.07, 6.45) is 7.86. The molecule has 198 valence electrons. The van der Waals surface area contributed by atoms with Crippen molar-refractivity contribution in [3.63, 3.8) is 0 Å². The maximum absolute atomic E-state index is 13.3. The molecule has 1 aliphatic heterocycles. The first-order chi connectivity index (χ1) is 18.4. The zero-order valence-corrected chi connectivity index (χ0v) is 21.9. The first-order valence-electron chi connectivity index (χ1n) is 13.0. The number of carbonyl (C=O) groups excluding carboxylic acids is 2. The number of nitrogens with zero attached hydrogens (tertiary/aromatic N) is 2. The molecule has 0 spiro atoms. The van der Waals surface area contributed by atoms with Crippen LogP contribution in [0.25, 0.3) is 6.08 Å². The van der Waals surface area contributed by atoms with E-state index in [-0.39, 0.29) is 18.4 Å². The van der Waals surface area contributed by atoms with Crippen LogP contribution in [-0.2, 0) is 14.3 Å². The second-order valence-corrected chi connectivity index (χ2v) is 10.0. The second kappa shape index (κ2) is 11.1. The minimum absolute atomic E-state index is 0.0186. The van der Waals surface area contributed by atoms with Crippen LogP contribution < -0.4 is 4.74 Å². The molecule has 8 heteroatoms. The van der Waals surface area contributed by atoms with E-state index in [2.05, 4.69) is 13.8 Å². The number of hydrogen-bond donors (Lipinski definition) is 0. The molecular formula is C30H32N2O6. The topological polar surface area (TPSA) is 94.5 Å². The van der Waals surface area contributed by atoms with Gasteiger partial charge >= 0.3 is 5.97 Å². The lowest BCUT2D eigenvalue weighted by molar-refractivity contribution is -0.154. The van der Waals surface area contributed by atoms with Crippen molar-refractivity contribution in [1.82, 2.24) is 5.01 Å². The fourth-order valence-corrected chi connectivity index (χ4v) is 5.12. The van der Waals surface area contributed by atoms with Gasteiger partial charge in [0, 0.05) is 5.92 Å². The van der Waals surface area contributed by atoms with Crippen LogP contribution in [0.4, 0.5) is 0 Å². The monoisotopic (exact) mass is 516 g/mol. The molecule has 1 saturated carbocycles. The predicted molar refractivity (Wildman–Crippen MR) is 141 cm³/mol. The van der Waals surface area contributed by atoms with Gasteiger partial charge in [-0.05, 0) is 85.2 Å². The van der Waals surface area contributed by atoms with Gasteiger partial charge in [-0.2, -0.15) is 5.10 Å². The summed E-state index contributed by atoms with van der Waals surface area (Å²) in [6.45, 7) is 5.37. The lowest BCUT2D eigenvalue weighted by atomic mass is 9.79. The van der Waals surface area contributed by atoms with Gasteiger partial charge < -0.3 is 18.3 Å². The number of aryl methyl sites for hydroxylation is 1. The van der Waals surface area contributed by atoms with Gasteiger partial charge in [0.25, 0.3) is 5.91 Å². The van der Waals surface area contributed by atoms with Gasteiger partial charge in [-0.1, -0.05) is 26.0 Å². The zero-order valence-electron chi connectivity index (χ0n) is 21.9. The highest BCUT2D eigenvalue weighted by Crippen LogP contribution is 2.44. The molecule has 2 atom stereocenters. The van der Waals surface area contributed by atoms with Gasteiger partial charge in [-0.3, -0.25) is 4.79 Å². The van der Waals surface area contributed by atoms with E-state index in [0.29, 0.717) is 11.5 Å². The summed E-state index contributed by atoms with van der Waals surface area (Å²) >= 11 is 0. The maximum atomic E-state index is 13.3. The van der Waals surface area contributed by atoms with E-state index in [1.54, 1.807) is 18.6 Å². The van der Waals surface area contributed by atoms with E-state index in [1.165, 1.54) is 5.01 Å². The molecule has 2 aliphatic rings. The molecule has 3 aromatic rings. The standard InChI is InChI=1S/C30H32N2O6/c1-19(2)23-12-11-20(3)15-26(23)37-18-28(34)38-17-27(33)32-30(25-10-6-14-36-25)24-9-4-7-21(29(24)31-32)16-22-8-5-13-35-22/h5-6,8,10-16,19,24,30H,4,7,9,17-18H2,1-3H3. The zero-order chi connectivity index (χ0) is 26.6. The first kappa shape index (κ1) is 25.6. The molecule has 0 N–H and O–H groups in total. The van der Waals surface area contributed by atoms with E-state index >= 15 is 0 Å². The van der Waals surface area contributed by atoms with Gasteiger partial charge in [0.2, 0.25) is 0 Å². The van der Waals surface area contributed by atoms with Crippen LogP contribution in [0.15, 0.2) is 74.5 Å². The van der Waals surface area contributed by atoms with Crippen molar-refractivity contribution in [2.45, 2.75) is 52.0 Å². The van der Waals surface area contributed by atoms with Gasteiger partial charge in [0.05, 0.1) is 18.2 Å². The number of hydrogen-bond acceptors (Lipinski definition) is 7. The minimum Gasteiger partial charge on any atom is -0.482 e.